The number of methoxy groups -OCH3 is 2. The minimum absolute atomic E-state index is 0.0276. The van der Waals surface area contributed by atoms with E-state index in [0.717, 1.165) is 0 Å². The highest BCUT2D eigenvalue weighted by Crippen LogP contribution is 2.20. The van der Waals surface area contributed by atoms with Crippen LogP contribution >= 0.6 is 11.8 Å². The number of carbonyl (C=O) groups excluding carboxylic acids is 3. The number of ether oxygens (including phenoxy) is 2. The molecule has 0 bridgehead atoms. The summed E-state index contributed by atoms with van der Waals surface area (Å²) in [5.74, 6) is -0.197. The standard InChI is InChI=1S/C20H24N4O6S/c1-29-9-3-7-24-17(26)14-6-5-13(18(27)30-2)11-15(14)22-20(24)31-10-4-8-23-16(25)12-21-19(23)28/h5-6,11H,3-4,7-10,12H2,1-2H3,(H,21,28). The van der Waals surface area contributed by atoms with Gasteiger partial charge in [0.05, 0.1) is 30.1 Å². The number of aromatic nitrogens is 2. The van der Waals surface area contributed by atoms with E-state index < -0.39 is 5.97 Å². The van der Waals surface area contributed by atoms with Crippen molar-refractivity contribution in [3.05, 3.63) is 34.1 Å². The Labute approximate surface area is 182 Å². The smallest absolute Gasteiger partial charge is 0.337 e. The predicted octanol–water partition coefficient (Wildman–Crippen LogP) is 1.25. The van der Waals surface area contributed by atoms with Crippen LogP contribution < -0.4 is 10.9 Å². The summed E-state index contributed by atoms with van der Waals surface area (Å²) in [5, 5.41) is 3.40. The Balaban J connectivity index is 1.82. The van der Waals surface area contributed by atoms with Crippen LogP contribution in [0.2, 0.25) is 0 Å². The van der Waals surface area contributed by atoms with Crippen molar-refractivity contribution in [2.24, 2.45) is 0 Å². The monoisotopic (exact) mass is 448 g/mol. The summed E-state index contributed by atoms with van der Waals surface area (Å²) in [4.78, 5) is 54.0. The van der Waals surface area contributed by atoms with Gasteiger partial charge in [-0.2, -0.15) is 0 Å². The van der Waals surface area contributed by atoms with Crippen LogP contribution in [0.4, 0.5) is 4.79 Å². The Bertz CT molecular complexity index is 1040. The number of hydrogen-bond acceptors (Lipinski definition) is 8. The molecule has 0 radical (unpaired) electrons. The van der Waals surface area contributed by atoms with Gasteiger partial charge in [-0.25, -0.2) is 14.6 Å². The molecule has 1 fully saturated rings. The number of fused-ring (bicyclic) bond motifs is 1. The normalized spacial score (nSPS) is 13.7. The van der Waals surface area contributed by atoms with Crippen LogP contribution in [0.25, 0.3) is 10.9 Å². The summed E-state index contributed by atoms with van der Waals surface area (Å²) in [5.41, 5.74) is 0.523. The second-order valence-electron chi connectivity index (χ2n) is 6.83. The van der Waals surface area contributed by atoms with Crippen LogP contribution in [-0.2, 0) is 20.8 Å². The van der Waals surface area contributed by atoms with Gasteiger partial charge in [0.2, 0.25) is 5.91 Å². The van der Waals surface area contributed by atoms with Gasteiger partial charge in [-0.1, -0.05) is 11.8 Å². The van der Waals surface area contributed by atoms with Crippen LogP contribution in [0.15, 0.2) is 28.2 Å². The molecule has 0 spiro atoms. The number of esters is 1. The Morgan fingerprint density at radius 3 is 2.68 bits per heavy atom. The van der Waals surface area contributed by atoms with Crippen LogP contribution in [0.5, 0.6) is 0 Å². The van der Waals surface area contributed by atoms with Crippen molar-refractivity contribution in [2.75, 3.05) is 39.7 Å². The van der Waals surface area contributed by atoms with E-state index in [1.165, 1.54) is 23.8 Å². The minimum atomic E-state index is -0.504. The zero-order valence-corrected chi connectivity index (χ0v) is 18.2. The maximum Gasteiger partial charge on any atom is 0.337 e. The van der Waals surface area contributed by atoms with Crippen molar-refractivity contribution in [3.63, 3.8) is 0 Å². The fourth-order valence-electron chi connectivity index (χ4n) is 3.19. The molecular formula is C20H24N4O6S. The highest BCUT2D eigenvalue weighted by atomic mass is 32.2. The third kappa shape index (κ3) is 5.23. The Hall–Kier alpha value is -2.92. The lowest BCUT2D eigenvalue weighted by atomic mass is 10.1. The molecule has 3 amide bonds. The summed E-state index contributed by atoms with van der Waals surface area (Å²) < 4.78 is 11.4. The molecule has 3 rings (SSSR count). The molecule has 11 heteroatoms. The summed E-state index contributed by atoms with van der Waals surface area (Å²) in [6, 6.07) is 4.28. The zero-order chi connectivity index (χ0) is 22.4. The molecule has 10 nitrogen and oxygen atoms in total. The summed E-state index contributed by atoms with van der Waals surface area (Å²) >= 11 is 1.37. The maximum atomic E-state index is 13.1. The lowest BCUT2D eigenvalue weighted by Crippen LogP contribution is -2.32. The number of thioether (sulfide) groups is 1. The highest BCUT2D eigenvalue weighted by Gasteiger charge is 2.27. The van der Waals surface area contributed by atoms with Crippen molar-refractivity contribution in [2.45, 2.75) is 24.5 Å². The van der Waals surface area contributed by atoms with Gasteiger partial charge in [0, 0.05) is 32.6 Å². The van der Waals surface area contributed by atoms with E-state index in [1.807, 2.05) is 0 Å². The van der Waals surface area contributed by atoms with Crippen molar-refractivity contribution < 1.29 is 23.9 Å². The number of imide groups is 1. The lowest BCUT2D eigenvalue weighted by Gasteiger charge is -2.14. The number of benzene rings is 1. The quantitative estimate of drug-likeness (QED) is 0.190. The van der Waals surface area contributed by atoms with Gasteiger partial charge in [0.15, 0.2) is 5.16 Å². The second-order valence-corrected chi connectivity index (χ2v) is 7.89. The third-order valence-electron chi connectivity index (χ3n) is 4.77. The van der Waals surface area contributed by atoms with Gasteiger partial charge in [-0.05, 0) is 31.0 Å². The number of nitrogens with one attached hydrogen (secondary N) is 1. The van der Waals surface area contributed by atoms with Crippen molar-refractivity contribution >= 4 is 40.6 Å². The SMILES string of the molecule is COCCCn1c(SCCCN2C(=O)CNC2=O)nc2cc(C(=O)OC)ccc2c1=O. The Kier molecular flexibility index (Phi) is 7.64. The van der Waals surface area contributed by atoms with Gasteiger partial charge < -0.3 is 14.8 Å². The first kappa shape index (κ1) is 22.8. The maximum absolute atomic E-state index is 13.1. The summed E-state index contributed by atoms with van der Waals surface area (Å²) in [7, 11) is 2.89. The van der Waals surface area contributed by atoms with Crippen molar-refractivity contribution in [3.8, 4) is 0 Å². The molecule has 1 N–H and O–H groups in total. The van der Waals surface area contributed by atoms with Crippen LogP contribution in [0, 0.1) is 0 Å². The van der Waals surface area contributed by atoms with E-state index in [1.54, 1.807) is 29.9 Å². The van der Waals surface area contributed by atoms with Crippen molar-refractivity contribution in [1.29, 1.82) is 0 Å². The molecule has 2 heterocycles. The Morgan fingerprint density at radius 1 is 1.19 bits per heavy atom. The largest absolute Gasteiger partial charge is 0.465 e. The van der Waals surface area contributed by atoms with Gasteiger partial charge in [-0.15, -0.1) is 0 Å². The molecule has 1 aliphatic heterocycles. The van der Waals surface area contributed by atoms with Gasteiger partial charge in [0.25, 0.3) is 5.56 Å². The first-order valence-corrected chi connectivity index (χ1v) is 10.8. The highest BCUT2D eigenvalue weighted by molar-refractivity contribution is 7.99. The third-order valence-corrected chi connectivity index (χ3v) is 5.83. The van der Waals surface area contributed by atoms with Gasteiger partial charge in [0.1, 0.15) is 0 Å². The van der Waals surface area contributed by atoms with E-state index in [9.17, 15) is 19.2 Å². The minimum Gasteiger partial charge on any atom is -0.465 e. The fraction of sp³-hybridized carbons (Fsp3) is 0.450. The Morgan fingerprint density at radius 2 is 2.00 bits per heavy atom. The topological polar surface area (TPSA) is 120 Å². The van der Waals surface area contributed by atoms with E-state index in [0.29, 0.717) is 59.9 Å². The average Bonchev–Trinajstić information content (AvgIpc) is 3.09. The van der Waals surface area contributed by atoms with Crippen LogP contribution in [0.1, 0.15) is 23.2 Å². The molecule has 2 aromatic rings. The number of rotatable bonds is 10. The van der Waals surface area contributed by atoms with Gasteiger partial charge in [-0.3, -0.25) is 19.1 Å². The van der Waals surface area contributed by atoms with Crippen molar-refractivity contribution in [1.82, 2.24) is 19.8 Å². The number of carbonyl (C=O) groups is 3. The molecule has 0 atom stereocenters. The molecule has 1 saturated heterocycles. The predicted molar refractivity (Wildman–Crippen MR) is 114 cm³/mol. The molecule has 0 aliphatic carbocycles. The number of nitrogens with zero attached hydrogens (tertiary/aromatic N) is 3. The first-order valence-electron chi connectivity index (χ1n) is 9.79. The molecule has 1 aliphatic rings. The van der Waals surface area contributed by atoms with Gasteiger partial charge >= 0.3 is 12.0 Å². The molecule has 31 heavy (non-hydrogen) atoms. The van der Waals surface area contributed by atoms with E-state index in [2.05, 4.69) is 10.3 Å². The number of urea groups is 1. The van der Waals surface area contributed by atoms with Crippen LogP contribution in [-0.4, -0.2) is 72.0 Å². The number of amides is 3. The fourth-order valence-corrected chi connectivity index (χ4v) is 4.14. The van der Waals surface area contributed by atoms with E-state index >= 15 is 0 Å². The molecule has 1 aromatic heterocycles. The average molecular weight is 449 g/mol. The summed E-state index contributed by atoms with van der Waals surface area (Å²) in [6.45, 7) is 1.26. The van der Waals surface area contributed by atoms with E-state index in [-0.39, 0.29) is 24.0 Å². The molecule has 166 valence electrons. The zero-order valence-electron chi connectivity index (χ0n) is 17.4. The summed E-state index contributed by atoms with van der Waals surface area (Å²) in [6.07, 6.45) is 1.19. The second kappa shape index (κ2) is 10.4. The number of hydrogen-bond donors (Lipinski definition) is 1. The molecule has 0 unspecified atom stereocenters. The molecule has 1 aromatic carbocycles. The first-order chi connectivity index (χ1) is 15.0. The molecule has 0 saturated carbocycles. The molecular weight excluding hydrogens is 424 g/mol. The van der Waals surface area contributed by atoms with E-state index in [4.69, 9.17) is 9.47 Å². The van der Waals surface area contributed by atoms with Crippen LogP contribution in [0.3, 0.4) is 0 Å². The lowest BCUT2D eigenvalue weighted by molar-refractivity contribution is -0.124.